The molecule has 88 valence electrons. The van der Waals surface area contributed by atoms with Crippen LogP contribution in [-0.4, -0.2) is 18.3 Å². The topological polar surface area (TPSA) is 12.0 Å². The molecule has 0 aliphatic heterocycles. The number of benzene rings is 1. The summed E-state index contributed by atoms with van der Waals surface area (Å²) in [7, 11) is 0. The van der Waals surface area contributed by atoms with Gasteiger partial charge >= 0.3 is 0 Å². The van der Waals surface area contributed by atoms with Gasteiger partial charge in [0.2, 0.25) is 0 Å². The highest BCUT2D eigenvalue weighted by Gasteiger charge is 2.03. The third-order valence-corrected chi connectivity index (χ3v) is 3.52. The Hall–Kier alpha value is -0.730. The number of nitrogens with one attached hydrogen (secondary N) is 1. The van der Waals surface area contributed by atoms with Gasteiger partial charge in [0.15, 0.2) is 0 Å². The van der Waals surface area contributed by atoms with Crippen molar-refractivity contribution >= 4 is 11.8 Å². The van der Waals surface area contributed by atoms with Gasteiger partial charge in [0.25, 0.3) is 0 Å². The molecular formula is C14H21NS. The van der Waals surface area contributed by atoms with E-state index in [2.05, 4.69) is 50.0 Å². The van der Waals surface area contributed by atoms with Gasteiger partial charge in [-0.1, -0.05) is 30.7 Å². The van der Waals surface area contributed by atoms with Gasteiger partial charge in [0.1, 0.15) is 0 Å². The molecule has 0 spiro atoms. The maximum Gasteiger partial charge on any atom is 0.0342 e. The Morgan fingerprint density at radius 2 is 2.06 bits per heavy atom. The Kier molecular flexibility index (Phi) is 6.27. The molecule has 1 nitrogen and oxygen atoms in total. The quantitative estimate of drug-likeness (QED) is 0.572. The largest absolute Gasteiger partial charge is 0.310 e. The number of hydrogen-bond donors (Lipinski definition) is 1. The average molecular weight is 235 g/mol. The second kappa shape index (κ2) is 7.53. The second-order valence-electron chi connectivity index (χ2n) is 3.92. The van der Waals surface area contributed by atoms with Gasteiger partial charge in [0.05, 0.1) is 0 Å². The van der Waals surface area contributed by atoms with Crippen molar-refractivity contribution in [3.63, 3.8) is 0 Å². The maximum absolute atomic E-state index is 3.86. The van der Waals surface area contributed by atoms with Gasteiger partial charge in [-0.05, 0) is 32.0 Å². The van der Waals surface area contributed by atoms with E-state index in [-0.39, 0.29) is 0 Å². The highest BCUT2D eigenvalue weighted by Crippen LogP contribution is 2.19. The third-order valence-electron chi connectivity index (χ3n) is 2.39. The SMILES string of the molecule is C=CC(CSc1ccc(C)cc1)NCCC. The average Bonchev–Trinajstić information content (AvgIpc) is 2.32. The number of aryl methyl sites for hydroxylation is 1. The summed E-state index contributed by atoms with van der Waals surface area (Å²) >= 11 is 1.88. The van der Waals surface area contributed by atoms with Crippen molar-refractivity contribution in [1.82, 2.24) is 5.32 Å². The van der Waals surface area contributed by atoms with Crippen LogP contribution in [0.3, 0.4) is 0 Å². The lowest BCUT2D eigenvalue weighted by Crippen LogP contribution is -2.29. The van der Waals surface area contributed by atoms with Crippen molar-refractivity contribution in [3.05, 3.63) is 42.5 Å². The van der Waals surface area contributed by atoms with Crippen LogP contribution in [0.2, 0.25) is 0 Å². The minimum absolute atomic E-state index is 0.409. The van der Waals surface area contributed by atoms with Crippen LogP contribution >= 0.6 is 11.8 Å². The van der Waals surface area contributed by atoms with E-state index in [0.717, 1.165) is 12.3 Å². The molecule has 0 aromatic heterocycles. The molecular weight excluding hydrogens is 214 g/mol. The van der Waals surface area contributed by atoms with E-state index in [4.69, 9.17) is 0 Å². The van der Waals surface area contributed by atoms with E-state index in [1.165, 1.54) is 16.9 Å². The van der Waals surface area contributed by atoms with Gasteiger partial charge in [-0.15, -0.1) is 18.3 Å². The zero-order valence-electron chi connectivity index (χ0n) is 10.2. The lowest BCUT2D eigenvalue weighted by molar-refractivity contribution is 0.630. The van der Waals surface area contributed by atoms with Gasteiger partial charge in [-0.3, -0.25) is 0 Å². The highest BCUT2D eigenvalue weighted by atomic mass is 32.2. The summed E-state index contributed by atoms with van der Waals surface area (Å²) in [6.45, 7) is 9.22. The van der Waals surface area contributed by atoms with Gasteiger partial charge in [0, 0.05) is 16.7 Å². The van der Waals surface area contributed by atoms with Crippen LogP contribution in [0.15, 0.2) is 41.8 Å². The molecule has 2 heteroatoms. The van der Waals surface area contributed by atoms with Gasteiger partial charge in [-0.2, -0.15) is 0 Å². The molecule has 16 heavy (non-hydrogen) atoms. The monoisotopic (exact) mass is 235 g/mol. The summed E-state index contributed by atoms with van der Waals surface area (Å²) < 4.78 is 0. The van der Waals surface area contributed by atoms with E-state index in [1.807, 2.05) is 17.8 Å². The van der Waals surface area contributed by atoms with Gasteiger partial charge < -0.3 is 5.32 Å². The minimum atomic E-state index is 0.409. The van der Waals surface area contributed by atoms with E-state index in [1.54, 1.807) is 0 Å². The Morgan fingerprint density at radius 3 is 2.62 bits per heavy atom. The molecule has 0 heterocycles. The fraction of sp³-hybridized carbons (Fsp3) is 0.429. The summed E-state index contributed by atoms with van der Waals surface area (Å²) in [5.41, 5.74) is 1.31. The summed E-state index contributed by atoms with van der Waals surface area (Å²) in [4.78, 5) is 1.33. The van der Waals surface area contributed by atoms with Crippen molar-refractivity contribution in [2.75, 3.05) is 12.3 Å². The molecule has 0 saturated heterocycles. The van der Waals surface area contributed by atoms with Crippen LogP contribution in [0.25, 0.3) is 0 Å². The first kappa shape index (κ1) is 13.3. The Labute approximate surface area is 103 Å². The van der Waals surface area contributed by atoms with E-state index in [9.17, 15) is 0 Å². The summed E-state index contributed by atoms with van der Waals surface area (Å²) in [5, 5.41) is 3.46. The zero-order valence-corrected chi connectivity index (χ0v) is 11.0. The fourth-order valence-electron chi connectivity index (χ4n) is 1.36. The van der Waals surface area contributed by atoms with Crippen LogP contribution in [0.4, 0.5) is 0 Å². The van der Waals surface area contributed by atoms with E-state index in [0.29, 0.717) is 6.04 Å². The van der Waals surface area contributed by atoms with Gasteiger partial charge in [-0.25, -0.2) is 0 Å². The summed E-state index contributed by atoms with van der Waals surface area (Å²) in [5.74, 6) is 1.05. The molecule has 1 unspecified atom stereocenters. The molecule has 0 saturated carbocycles. The molecule has 1 aromatic carbocycles. The number of thioether (sulfide) groups is 1. The number of rotatable bonds is 7. The standard InChI is InChI=1S/C14H21NS/c1-4-10-15-13(5-2)11-16-14-8-6-12(3)7-9-14/h5-9,13,15H,2,4,10-11H2,1,3H3. The normalized spacial score (nSPS) is 12.4. The molecule has 0 aliphatic carbocycles. The molecule has 0 fully saturated rings. The highest BCUT2D eigenvalue weighted by molar-refractivity contribution is 7.99. The smallest absolute Gasteiger partial charge is 0.0342 e. The molecule has 0 radical (unpaired) electrons. The minimum Gasteiger partial charge on any atom is -0.310 e. The molecule has 0 amide bonds. The second-order valence-corrected chi connectivity index (χ2v) is 5.01. The molecule has 1 aromatic rings. The first-order chi connectivity index (χ1) is 7.76. The lowest BCUT2D eigenvalue weighted by Gasteiger charge is -2.13. The zero-order chi connectivity index (χ0) is 11.8. The molecule has 0 bridgehead atoms. The van der Waals surface area contributed by atoms with E-state index >= 15 is 0 Å². The van der Waals surface area contributed by atoms with Crippen LogP contribution in [0.1, 0.15) is 18.9 Å². The molecule has 1 rings (SSSR count). The summed E-state index contributed by atoms with van der Waals surface area (Å²) in [6, 6.07) is 9.08. The predicted molar refractivity (Wildman–Crippen MR) is 74.2 cm³/mol. The van der Waals surface area contributed by atoms with Crippen molar-refractivity contribution in [3.8, 4) is 0 Å². The molecule has 1 atom stereocenters. The van der Waals surface area contributed by atoms with Crippen LogP contribution in [0, 0.1) is 6.92 Å². The number of hydrogen-bond acceptors (Lipinski definition) is 2. The van der Waals surface area contributed by atoms with Crippen molar-refractivity contribution < 1.29 is 0 Å². The first-order valence-corrected chi connectivity index (χ1v) is 6.80. The fourth-order valence-corrected chi connectivity index (χ4v) is 2.32. The van der Waals surface area contributed by atoms with E-state index < -0.39 is 0 Å². The van der Waals surface area contributed by atoms with Crippen LogP contribution < -0.4 is 5.32 Å². The summed E-state index contributed by atoms with van der Waals surface area (Å²) in [6.07, 6.45) is 3.16. The Balaban J connectivity index is 2.37. The molecule has 0 aliphatic rings. The lowest BCUT2D eigenvalue weighted by atomic mass is 10.2. The third kappa shape index (κ3) is 4.86. The van der Waals surface area contributed by atoms with Crippen molar-refractivity contribution in [2.24, 2.45) is 0 Å². The first-order valence-electron chi connectivity index (χ1n) is 5.81. The predicted octanol–water partition coefficient (Wildman–Crippen LogP) is 3.64. The van der Waals surface area contributed by atoms with Crippen molar-refractivity contribution in [1.29, 1.82) is 0 Å². The van der Waals surface area contributed by atoms with Crippen molar-refractivity contribution in [2.45, 2.75) is 31.2 Å². The Bertz CT molecular complexity index is 305. The van der Waals surface area contributed by atoms with Crippen LogP contribution in [-0.2, 0) is 0 Å². The van der Waals surface area contributed by atoms with Crippen LogP contribution in [0.5, 0.6) is 0 Å². The Morgan fingerprint density at radius 1 is 1.38 bits per heavy atom. The maximum atomic E-state index is 3.86. The molecule has 1 N–H and O–H groups in total.